The molecule has 2 unspecified atom stereocenters. The zero-order valence-corrected chi connectivity index (χ0v) is 15.9. The smallest absolute Gasteiger partial charge is 0.257 e. The third kappa shape index (κ3) is 4.22. The minimum Gasteiger partial charge on any atom is -0.354 e. The summed E-state index contributed by atoms with van der Waals surface area (Å²) in [6, 6.07) is 3.68. The SMILES string of the molecule is O=C(NCC1CCCN(C(=O)c2cnn(-c3cccnc3)c2)C1)C1CCCN1. The second kappa shape index (κ2) is 8.52. The van der Waals surface area contributed by atoms with Crippen LogP contribution in [0.3, 0.4) is 0 Å². The van der Waals surface area contributed by atoms with Gasteiger partial charge in [0.2, 0.25) is 5.91 Å². The number of aromatic nitrogens is 3. The highest BCUT2D eigenvalue weighted by atomic mass is 16.2. The topological polar surface area (TPSA) is 92.2 Å². The number of likely N-dealkylation sites (tertiary alicyclic amines) is 1. The van der Waals surface area contributed by atoms with Crippen molar-refractivity contribution in [3.8, 4) is 5.69 Å². The summed E-state index contributed by atoms with van der Waals surface area (Å²) >= 11 is 0. The van der Waals surface area contributed by atoms with Crippen LogP contribution in [0.4, 0.5) is 0 Å². The maximum Gasteiger partial charge on any atom is 0.257 e. The summed E-state index contributed by atoms with van der Waals surface area (Å²) in [6.07, 6.45) is 10.7. The molecule has 4 rings (SSSR count). The molecule has 0 aromatic carbocycles. The number of hydrogen-bond acceptors (Lipinski definition) is 5. The van der Waals surface area contributed by atoms with E-state index in [-0.39, 0.29) is 23.8 Å². The second-order valence-electron chi connectivity index (χ2n) is 7.54. The lowest BCUT2D eigenvalue weighted by atomic mass is 9.97. The highest BCUT2D eigenvalue weighted by Crippen LogP contribution is 2.19. The van der Waals surface area contributed by atoms with E-state index in [2.05, 4.69) is 20.7 Å². The predicted molar refractivity (Wildman–Crippen MR) is 104 cm³/mol. The highest BCUT2D eigenvalue weighted by Gasteiger charge is 2.27. The molecular formula is C20H26N6O2. The lowest BCUT2D eigenvalue weighted by molar-refractivity contribution is -0.123. The van der Waals surface area contributed by atoms with Crippen LogP contribution in [0.2, 0.25) is 0 Å². The van der Waals surface area contributed by atoms with E-state index in [1.165, 1.54) is 0 Å². The molecule has 2 amide bonds. The number of piperidine rings is 1. The van der Waals surface area contributed by atoms with Crippen LogP contribution in [0.5, 0.6) is 0 Å². The standard InChI is InChI=1S/C20H26N6O2/c27-19(18-6-2-8-22-18)23-10-15-4-3-9-25(13-15)20(28)16-11-24-26(14-16)17-5-1-7-21-12-17/h1,5,7,11-12,14-15,18,22H,2-4,6,8-10,13H2,(H,23,27). The summed E-state index contributed by atoms with van der Waals surface area (Å²) in [5.74, 6) is 0.360. The number of carbonyl (C=O) groups excluding carboxylic acids is 2. The van der Waals surface area contributed by atoms with Gasteiger partial charge in [-0.05, 0) is 50.3 Å². The molecule has 2 aromatic rings. The van der Waals surface area contributed by atoms with Crippen LogP contribution < -0.4 is 10.6 Å². The molecule has 2 aliphatic heterocycles. The van der Waals surface area contributed by atoms with Gasteiger partial charge in [-0.1, -0.05) is 0 Å². The molecular weight excluding hydrogens is 356 g/mol. The third-order valence-electron chi connectivity index (χ3n) is 5.49. The average molecular weight is 382 g/mol. The quantitative estimate of drug-likeness (QED) is 0.805. The van der Waals surface area contributed by atoms with E-state index in [4.69, 9.17) is 0 Å². The molecule has 0 radical (unpaired) electrons. The Morgan fingerprint density at radius 3 is 2.96 bits per heavy atom. The number of hydrogen-bond donors (Lipinski definition) is 2. The van der Waals surface area contributed by atoms with Gasteiger partial charge in [-0.3, -0.25) is 14.6 Å². The lowest BCUT2D eigenvalue weighted by Gasteiger charge is -2.32. The molecule has 0 aliphatic carbocycles. The van der Waals surface area contributed by atoms with Crippen LogP contribution in [-0.2, 0) is 4.79 Å². The summed E-state index contributed by atoms with van der Waals surface area (Å²) in [6.45, 7) is 2.94. The average Bonchev–Trinajstić information content (AvgIpc) is 3.45. The Hall–Kier alpha value is -2.74. The summed E-state index contributed by atoms with van der Waals surface area (Å²) in [5.41, 5.74) is 1.39. The largest absolute Gasteiger partial charge is 0.354 e. The number of rotatable bonds is 5. The van der Waals surface area contributed by atoms with E-state index in [9.17, 15) is 9.59 Å². The number of nitrogens with zero attached hydrogens (tertiary/aromatic N) is 4. The monoisotopic (exact) mass is 382 g/mol. The van der Waals surface area contributed by atoms with E-state index in [0.29, 0.717) is 18.7 Å². The fraction of sp³-hybridized carbons (Fsp3) is 0.500. The van der Waals surface area contributed by atoms with Crippen LogP contribution in [0, 0.1) is 5.92 Å². The van der Waals surface area contributed by atoms with Gasteiger partial charge in [-0.25, -0.2) is 4.68 Å². The Balaban J connectivity index is 1.33. The van der Waals surface area contributed by atoms with Gasteiger partial charge in [0.1, 0.15) is 0 Å². The first-order valence-corrected chi connectivity index (χ1v) is 9.96. The number of pyridine rings is 1. The maximum absolute atomic E-state index is 12.9. The molecule has 2 aliphatic rings. The van der Waals surface area contributed by atoms with Crippen molar-refractivity contribution in [3.05, 3.63) is 42.5 Å². The van der Waals surface area contributed by atoms with Crippen LogP contribution in [0.1, 0.15) is 36.0 Å². The van der Waals surface area contributed by atoms with E-state index < -0.39 is 0 Å². The van der Waals surface area contributed by atoms with Gasteiger partial charge >= 0.3 is 0 Å². The maximum atomic E-state index is 12.9. The molecule has 2 atom stereocenters. The van der Waals surface area contributed by atoms with Crippen LogP contribution >= 0.6 is 0 Å². The summed E-state index contributed by atoms with van der Waals surface area (Å²) in [4.78, 5) is 31.0. The molecule has 148 valence electrons. The molecule has 0 bridgehead atoms. The van der Waals surface area contributed by atoms with Crippen LogP contribution in [-0.4, -0.2) is 63.7 Å². The molecule has 0 saturated carbocycles. The van der Waals surface area contributed by atoms with E-state index in [1.807, 2.05) is 17.0 Å². The van der Waals surface area contributed by atoms with E-state index in [0.717, 1.165) is 44.5 Å². The van der Waals surface area contributed by atoms with E-state index >= 15 is 0 Å². The first-order chi connectivity index (χ1) is 13.7. The van der Waals surface area contributed by atoms with Gasteiger partial charge in [-0.2, -0.15) is 5.10 Å². The number of amides is 2. The fourth-order valence-corrected chi connectivity index (χ4v) is 3.94. The van der Waals surface area contributed by atoms with Crippen molar-refractivity contribution in [1.29, 1.82) is 0 Å². The second-order valence-corrected chi connectivity index (χ2v) is 7.54. The highest BCUT2D eigenvalue weighted by molar-refractivity contribution is 5.94. The molecule has 8 heteroatoms. The molecule has 2 N–H and O–H groups in total. The fourth-order valence-electron chi connectivity index (χ4n) is 3.94. The van der Waals surface area contributed by atoms with Gasteiger partial charge in [0, 0.05) is 32.0 Å². The van der Waals surface area contributed by atoms with Crippen LogP contribution in [0.25, 0.3) is 5.69 Å². The minimum atomic E-state index is -0.0559. The summed E-state index contributed by atoms with van der Waals surface area (Å²) in [5, 5.41) is 10.6. The first kappa shape index (κ1) is 18.6. The molecule has 4 heterocycles. The van der Waals surface area contributed by atoms with Crippen molar-refractivity contribution >= 4 is 11.8 Å². The Morgan fingerprint density at radius 2 is 2.18 bits per heavy atom. The van der Waals surface area contributed by atoms with Crippen molar-refractivity contribution in [2.45, 2.75) is 31.7 Å². The Kier molecular flexibility index (Phi) is 5.66. The van der Waals surface area contributed by atoms with Gasteiger partial charge in [0.25, 0.3) is 5.91 Å². The third-order valence-corrected chi connectivity index (χ3v) is 5.49. The zero-order valence-electron chi connectivity index (χ0n) is 15.9. The number of nitrogens with one attached hydrogen (secondary N) is 2. The minimum absolute atomic E-state index is 0.0105. The Bertz CT molecular complexity index is 815. The van der Waals surface area contributed by atoms with Crippen LogP contribution in [0.15, 0.2) is 36.9 Å². The van der Waals surface area contributed by atoms with Crippen molar-refractivity contribution in [2.75, 3.05) is 26.2 Å². The Morgan fingerprint density at radius 1 is 1.25 bits per heavy atom. The molecule has 2 fully saturated rings. The summed E-state index contributed by atoms with van der Waals surface area (Å²) in [7, 11) is 0. The zero-order chi connectivity index (χ0) is 19.3. The van der Waals surface area contributed by atoms with Gasteiger partial charge in [-0.15, -0.1) is 0 Å². The predicted octanol–water partition coefficient (Wildman–Crippen LogP) is 0.988. The number of carbonyl (C=O) groups is 2. The normalized spacial score (nSPS) is 22.2. The molecule has 2 saturated heterocycles. The van der Waals surface area contributed by atoms with Crippen molar-refractivity contribution in [3.63, 3.8) is 0 Å². The van der Waals surface area contributed by atoms with Crippen molar-refractivity contribution in [2.24, 2.45) is 5.92 Å². The van der Waals surface area contributed by atoms with Gasteiger partial charge in [0.05, 0.1) is 29.7 Å². The van der Waals surface area contributed by atoms with Crippen molar-refractivity contribution in [1.82, 2.24) is 30.3 Å². The van der Waals surface area contributed by atoms with Gasteiger partial charge in [0.15, 0.2) is 0 Å². The van der Waals surface area contributed by atoms with Crippen molar-refractivity contribution < 1.29 is 9.59 Å². The lowest BCUT2D eigenvalue weighted by Crippen LogP contribution is -2.46. The molecule has 28 heavy (non-hydrogen) atoms. The molecule has 2 aromatic heterocycles. The summed E-state index contributed by atoms with van der Waals surface area (Å²) < 4.78 is 1.66. The van der Waals surface area contributed by atoms with Gasteiger partial charge < -0.3 is 15.5 Å². The first-order valence-electron chi connectivity index (χ1n) is 9.96. The van der Waals surface area contributed by atoms with E-state index in [1.54, 1.807) is 29.5 Å². The molecule has 0 spiro atoms. The Labute approximate surface area is 164 Å². The molecule has 8 nitrogen and oxygen atoms in total.